The number of halogens is 1. The van der Waals surface area contributed by atoms with Crippen molar-refractivity contribution >= 4 is 21.8 Å². The molecule has 0 unspecified atom stereocenters. The molecular formula is C11H12BrN3O2. The summed E-state index contributed by atoms with van der Waals surface area (Å²) in [7, 11) is 1.87. The summed E-state index contributed by atoms with van der Waals surface area (Å²) in [4.78, 5) is 11.7. The number of aryl methyl sites for hydroxylation is 1. The average Bonchev–Trinajstić information content (AvgIpc) is 2.87. The van der Waals surface area contributed by atoms with E-state index in [1.165, 1.54) is 6.26 Å². The molecule has 6 heteroatoms. The van der Waals surface area contributed by atoms with Gasteiger partial charge in [0, 0.05) is 19.8 Å². The number of carbonyl (C=O) groups is 1. The number of amides is 1. The highest BCUT2D eigenvalue weighted by atomic mass is 79.9. The molecule has 0 aliphatic rings. The molecular weight excluding hydrogens is 286 g/mol. The summed E-state index contributed by atoms with van der Waals surface area (Å²) in [6, 6.07) is 1.63. The zero-order valence-corrected chi connectivity index (χ0v) is 10.9. The molecule has 90 valence electrons. The van der Waals surface area contributed by atoms with E-state index in [0.29, 0.717) is 16.8 Å². The van der Waals surface area contributed by atoms with Gasteiger partial charge in [-0.05, 0) is 34.0 Å². The molecule has 2 rings (SSSR count). The normalized spacial score (nSPS) is 10.5. The van der Waals surface area contributed by atoms with Gasteiger partial charge in [-0.3, -0.25) is 9.48 Å². The number of hydrogen-bond donors (Lipinski definition) is 1. The van der Waals surface area contributed by atoms with Crippen LogP contribution in [0.4, 0.5) is 0 Å². The van der Waals surface area contributed by atoms with Gasteiger partial charge in [0.2, 0.25) is 0 Å². The average molecular weight is 298 g/mol. The number of aromatic nitrogens is 2. The second kappa shape index (κ2) is 5.18. The molecule has 0 atom stereocenters. The SMILES string of the molecule is Cn1cc(CCNC(=O)c2ccoc2Br)cn1. The Labute approximate surface area is 107 Å². The number of hydrogen-bond acceptors (Lipinski definition) is 3. The van der Waals surface area contributed by atoms with Crippen LogP contribution in [-0.2, 0) is 13.5 Å². The minimum Gasteiger partial charge on any atom is -0.457 e. The van der Waals surface area contributed by atoms with E-state index in [1.807, 2.05) is 13.2 Å². The van der Waals surface area contributed by atoms with Gasteiger partial charge in [0.15, 0.2) is 4.67 Å². The van der Waals surface area contributed by atoms with Gasteiger partial charge in [-0.2, -0.15) is 5.10 Å². The maximum atomic E-state index is 11.7. The lowest BCUT2D eigenvalue weighted by Gasteiger charge is -2.02. The lowest BCUT2D eigenvalue weighted by molar-refractivity contribution is 0.0952. The van der Waals surface area contributed by atoms with Crippen molar-refractivity contribution in [3.05, 3.63) is 40.5 Å². The van der Waals surface area contributed by atoms with Crippen molar-refractivity contribution in [1.29, 1.82) is 0 Å². The summed E-state index contributed by atoms with van der Waals surface area (Å²) < 4.78 is 7.19. The molecule has 2 aromatic rings. The highest BCUT2D eigenvalue weighted by molar-refractivity contribution is 9.10. The van der Waals surface area contributed by atoms with E-state index in [4.69, 9.17) is 4.42 Å². The predicted molar refractivity (Wildman–Crippen MR) is 65.7 cm³/mol. The van der Waals surface area contributed by atoms with Crippen LogP contribution in [0.3, 0.4) is 0 Å². The van der Waals surface area contributed by atoms with Crippen LogP contribution < -0.4 is 5.32 Å². The summed E-state index contributed by atoms with van der Waals surface area (Å²) >= 11 is 3.17. The molecule has 0 aromatic carbocycles. The first-order chi connectivity index (χ1) is 8.16. The molecule has 0 radical (unpaired) electrons. The first-order valence-electron chi connectivity index (χ1n) is 5.15. The van der Waals surface area contributed by atoms with Crippen LogP contribution in [-0.4, -0.2) is 22.2 Å². The van der Waals surface area contributed by atoms with Crippen LogP contribution in [0.5, 0.6) is 0 Å². The van der Waals surface area contributed by atoms with Gasteiger partial charge in [0.05, 0.1) is 18.0 Å². The first-order valence-corrected chi connectivity index (χ1v) is 5.95. The van der Waals surface area contributed by atoms with E-state index in [9.17, 15) is 4.79 Å². The number of nitrogens with zero attached hydrogens (tertiary/aromatic N) is 2. The minimum atomic E-state index is -0.144. The zero-order valence-electron chi connectivity index (χ0n) is 9.31. The van der Waals surface area contributed by atoms with Crippen molar-refractivity contribution in [1.82, 2.24) is 15.1 Å². The maximum absolute atomic E-state index is 11.7. The lowest BCUT2D eigenvalue weighted by Crippen LogP contribution is -2.25. The monoisotopic (exact) mass is 297 g/mol. The topological polar surface area (TPSA) is 60.1 Å². The Morgan fingerprint density at radius 1 is 1.65 bits per heavy atom. The fourth-order valence-electron chi connectivity index (χ4n) is 1.47. The highest BCUT2D eigenvalue weighted by Crippen LogP contribution is 2.16. The van der Waals surface area contributed by atoms with Gasteiger partial charge in [-0.1, -0.05) is 0 Å². The van der Waals surface area contributed by atoms with E-state index in [1.54, 1.807) is 16.9 Å². The van der Waals surface area contributed by atoms with E-state index < -0.39 is 0 Å². The second-order valence-corrected chi connectivity index (χ2v) is 4.36. The van der Waals surface area contributed by atoms with Crippen LogP contribution in [0.2, 0.25) is 0 Å². The minimum absolute atomic E-state index is 0.144. The molecule has 2 aromatic heterocycles. The summed E-state index contributed by atoms with van der Waals surface area (Å²) in [6.45, 7) is 0.572. The molecule has 0 aliphatic carbocycles. The zero-order chi connectivity index (χ0) is 12.3. The standard InChI is InChI=1S/C11H12BrN3O2/c1-15-7-8(6-14-15)2-4-13-11(16)9-3-5-17-10(9)12/h3,5-7H,2,4H2,1H3,(H,13,16). The third-order valence-electron chi connectivity index (χ3n) is 2.32. The fourth-order valence-corrected chi connectivity index (χ4v) is 1.89. The van der Waals surface area contributed by atoms with Crippen molar-refractivity contribution < 1.29 is 9.21 Å². The van der Waals surface area contributed by atoms with E-state index in [-0.39, 0.29) is 5.91 Å². The van der Waals surface area contributed by atoms with Crippen LogP contribution in [0.15, 0.2) is 33.8 Å². The molecule has 17 heavy (non-hydrogen) atoms. The Balaban J connectivity index is 1.83. The van der Waals surface area contributed by atoms with Crippen LogP contribution in [0.25, 0.3) is 0 Å². The number of nitrogens with one attached hydrogen (secondary N) is 1. The van der Waals surface area contributed by atoms with Gasteiger partial charge in [-0.25, -0.2) is 0 Å². The fraction of sp³-hybridized carbons (Fsp3) is 0.273. The van der Waals surface area contributed by atoms with Gasteiger partial charge in [0.1, 0.15) is 0 Å². The van der Waals surface area contributed by atoms with Crippen molar-refractivity contribution in [2.45, 2.75) is 6.42 Å². The Morgan fingerprint density at radius 2 is 2.47 bits per heavy atom. The Kier molecular flexibility index (Phi) is 3.63. The van der Waals surface area contributed by atoms with Crippen molar-refractivity contribution in [3.63, 3.8) is 0 Å². The van der Waals surface area contributed by atoms with Crippen molar-refractivity contribution in [3.8, 4) is 0 Å². The number of rotatable bonds is 4. The molecule has 0 spiro atoms. The van der Waals surface area contributed by atoms with Crippen LogP contribution in [0.1, 0.15) is 15.9 Å². The molecule has 0 saturated carbocycles. The van der Waals surface area contributed by atoms with Crippen LogP contribution in [0, 0.1) is 0 Å². The quantitative estimate of drug-likeness (QED) is 0.935. The summed E-state index contributed by atoms with van der Waals surface area (Å²) in [5.41, 5.74) is 1.61. The summed E-state index contributed by atoms with van der Waals surface area (Å²) in [5, 5.41) is 6.88. The molecule has 0 fully saturated rings. The van der Waals surface area contributed by atoms with Gasteiger partial charge >= 0.3 is 0 Å². The molecule has 5 nitrogen and oxygen atoms in total. The maximum Gasteiger partial charge on any atom is 0.255 e. The smallest absolute Gasteiger partial charge is 0.255 e. The second-order valence-electron chi connectivity index (χ2n) is 3.64. The van der Waals surface area contributed by atoms with Crippen molar-refractivity contribution in [2.75, 3.05) is 6.54 Å². The Hall–Kier alpha value is -1.56. The van der Waals surface area contributed by atoms with E-state index >= 15 is 0 Å². The van der Waals surface area contributed by atoms with Gasteiger partial charge < -0.3 is 9.73 Å². The first kappa shape index (κ1) is 11.9. The van der Waals surface area contributed by atoms with Gasteiger partial charge in [-0.15, -0.1) is 0 Å². The van der Waals surface area contributed by atoms with Gasteiger partial charge in [0.25, 0.3) is 5.91 Å². The predicted octanol–water partition coefficient (Wildman–Crippen LogP) is 1.75. The number of furan rings is 1. The molecule has 1 amide bonds. The molecule has 0 bridgehead atoms. The summed E-state index contributed by atoms with van der Waals surface area (Å²) in [6.07, 6.45) is 5.95. The van der Waals surface area contributed by atoms with E-state index in [0.717, 1.165) is 12.0 Å². The third kappa shape index (κ3) is 2.97. The molecule has 2 heterocycles. The van der Waals surface area contributed by atoms with Crippen molar-refractivity contribution in [2.24, 2.45) is 7.05 Å². The van der Waals surface area contributed by atoms with E-state index in [2.05, 4.69) is 26.3 Å². The lowest BCUT2D eigenvalue weighted by atomic mass is 10.2. The molecule has 1 N–H and O–H groups in total. The van der Waals surface area contributed by atoms with Crippen LogP contribution >= 0.6 is 15.9 Å². The molecule has 0 aliphatic heterocycles. The highest BCUT2D eigenvalue weighted by Gasteiger charge is 2.11. The third-order valence-corrected chi connectivity index (χ3v) is 2.93. The Bertz CT molecular complexity index is 518. The number of carbonyl (C=O) groups excluding carboxylic acids is 1. The Morgan fingerprint density at radius 3 is 3.06 bits per heavy atom. The largest absolute Gasteiger partial charge is 0.457 e. The summed E-state index contributed by atoms with van der Waals surface area (Å²) in [5.74, 6) is -0.144. The molecule has 0 saturated heterocycles.